The van der Waals surface area contributed by atoms with Gasteiger partial charge in [-0.3, -0.25) is 4.72 Å². The molecule has 19 heavy (non-hydrogen) atoms. The van der Waals surface area contributed by atoms with Gasteiger partial charge in [-0.15, -0.1) is 0 Å². The largest absolute Gasteiger partial charge is 0.478 e. The molecule has 0 amide bonds. The van der Waals surface area contributed by atoms with Crippen LogP contribution in [0.25, 0.3) is 6.08 Å². The highest BCUT2D eigenvalue weighted by atomic mass is 32.2. The van der Waals surface area contributed by atoms with E-state index in [1.165, 1.54) is 12.1 Å². The number of carboxylic acids is 1. The van der Waals surface area contributed by atoms with Crippen molar-refractivity contribution < 1.29 is 18.3 Å². The Morgan fingerprint density at radius 2 is 2.00 bits per heavy atom. The summed E-state index contributed by atoms with van der Waals surface area (Å²) in [5.74, 6) is -0.940. The third kappa shape index (κ3) is 4.36. The number of anilines is 1. The maximum Gasteiger partial charge on any atom is 0.328 e. The lowest BCUT2D eigenvalue weighted by Gasteiger charge is -2.19. The quantitative estimate of drug-likeness (QED) is 0.821. The van der Waals surface area contributed by atoms with Gasteiger partial charge in [-0.1, -0.05) is 6.07 Å². The Morgan fingerprint density at radius 3 is 2.53 bits per heavy atom. The molecule has 0 bridgehead atoms. The van der Waals surface area contributed by atoms with E-state index in [-0.39, 0.29) is 5.82 Å². The Labute approximate surface area is 112 Å². The number of hydrogen-bond donors (Lipinski definition) is 2. The number of hydrogen-bond acceptors (Lipinski definition) is 4. The van der Waals surface area contributed by atoms with Gasteiger partial charge < -0.3 is 5.11 Å². The van der Waals surface area contributed by atoms with E-state index in [1.807, 2.05) is 0 Å². The van der Waals surface area contributed by atoms with E-state index < -0.39 is 20.7 Å². The first kappa shape index (κ1) is 15.2. The summed E-state index contributed by atoms with van der Waals surface area (Å²) >= 11 is 0. The van der Waals surface area contributed by atoms with Gasteiger partial charge in [0.15, 0.2) is 0 Å². The summed E-state index contributed by atoms with van der Waals surface area (Å²) in [6.45, 7) is 4.72. The molecule has 0 aliphatic carbocycles. The second kappa shape index (κ2) is 5.40. The number of aliphatic carboxylic acids is 1. The molecule has 0 saturated carbocycles. The molecule has 0 unspecified atom stereocenters. The number of nitrogens with zero attached hydrogens (tertiary/aromatic N) is 1. The molecule has 0 radical (unpaired) electrons. The highest BCUT2D eigenvalue weighted by molar-refractivity contribution is 7.94. The number of carboxylic acid groups (broad SMARTS) is 1. The molecule has 0 atom stereocenters. The fraction of sp³-hybridized carbons (Fsp3) is 0.333. The average Bonchev–Trinajstić information content (AvgIpc) is 2.24. The molecule has 0 spiro atoms. The van der Waals surface area contributed by atoms with Crippen LogP contribution in [0.2, 0.25) is 0 Å². The minimum absolute atomic E-state index is 0.155. The summed E-state index contributed by atoms with van der Waals surface area (Å²) in [7, 11) is -3.55. The highest BCUT2D eigenvalue weighted by Crippen LogP contribution is 2.18. The van der Waals surface area contributed by atoms with Gasteiger partial charge in [0.25, 0.3) is 0 Å². The van der Waals surface area contributed by atoms with Crippen LogP contribution < -0.4 is 4.72 Å². The molecule has 1 heterocycles. The molecule has 104 valence electrons. The summed E-state index contributed by atoms with van der Waals surface area (Å²) in [6, 6.07) is 4.67. The Kier molecular flexibility index (Phi) is 4.31. The third-order valence-electron chi connectivity index (χ3n) is 2.21. The van der Waals surface area contributed by atoms with Gasteiger partial charge in [0.05, 0.1) is 10.4 Å². The maximum atomic E-state index is 11.9. The zero-order chi connectivity index (χ0) is 14.7. The van der Waals surface area contributed by atoms with Crippen LogP contribution >= 0.6 is 0 Å². The lowest BCUT2D eigenvalue weighted by Crippen LogP contribution is -2.34. The van der Waals surface area contributed by atoms with E-state index in [0.29, 0.717) is 5.69 Å². The fourth-order valence-electron chi connectivity index (χ4n) is 1.05. The average molecular weight is 284 g/mol. The number of sulfonamides is 1. The van der Waals surface area contributed by atoms with Gasteiger partial charge in [-0.05, 0) is 39.0 Å². The summed E-state index contributed by atoms with van der Waals surface area (Å²) < 4.78 is 25.3. The zero-order valence-corrected chi connectivity index (χ0v) is 11.7. The van der Waals surface area contributed by atoms with Crippen LogP contribution in [0.1, 0.15) is 26.5 Å². The number of carbonyl (C=O) groups is 1. The number of aromatic nitrogens is 1. The standard InChI is InChI=1S/C12H16N2O4S/c1-12(2,3)19(17,18)14-10-6-4-5-9(13-10)7-8-11(15)16/h4-8H,1-3H3,(H,13,14)(H,15,16). The highest BCUT2D eigenvalue weighted by Gasteiger charge is 2.29. The van der Waals surface area contributed by atoms with Crippen molar-refractivity contribution in [3.63, 3.8) is 0 Å². The molecule has 0 saturated heterocycles. The van der Waals surface area contributed by atoms with Crippen molar-refractivity contribution in [1.82, 2.24) is 4.98 Å². The number of rotatable bonds is 4. The van der Waals surface area contributed by atoms with Gasteiger partial charge in [-0.25, -0.2) is 18.2 Å². The molecule has 0 fully saturated rings. The minimum Gasteiger partial charge on any atom is -0.478 e. The molecule has 2 N–H and O–H groups in total. The molecule has 1 aromatic heterocycles. The van der Waals surface area contributed by atoms with Crippen molar-refractivity contribution in [2.75, 3.05) is 4.72 Å². The van der Waals surface area contributed by atoms with Gasteiger partial charge in [0, 0.05) is 6.08 Å². The Balaban J connectivity index is 2.99. The van der Waals surface area contributed by atoms with Crippen LogP contribution in [0.5, 0.6) is 0 Å². The zero-order valence-electron chi connectivity index (χ0n) is 10.9. The predicted molar refractivity (Wildman–Crippen MR) is 73.2 cm³/mol. The molecule has 0 aromatic carbocycles. The predicted octanol–water partition coefficient (Wildman–Crippen LogP) is 1.72. The first-order valence-corrected chi connectivity index (χ1v) is 7.00. The van der Waals surface area contributed by atoms with Crippen molar-refractivity contribution in [2.45, 2.75) is 25.5 Å². The van der Waals surface area contributed by atoms with Crippen LogP contribution in [-0.4, -0.2) is 29.2 Å². The van der Waals surface area contributed by atoms with Crippen molar-refractivity contribution in [3.05, 3.63) is 30.0 Å². The molecule has 1 aromatic rings. The summed E-state index contributed by atoms with van der Waals surface area (Å²) in [4.78, 5) is 14.4. The van der Waals surface area contributed by atoms with Crippen molar-refractivity contribution >= 4 is 27.9 Å². The van der Waals surface area contributed by atoms with E-state index in [2.05, 4.69) is 9.71 Å². The van der Waals surface area contributed by atoms with E-state index in [4.69, 9.17) is 5.11 Å². The number of pyridine rings is 1. The van der Waals surface area contributed by atoms with Crippen molar-refractivity contribution in [1.29, 1.82) is 0 Å². The van der Waals surface area contributed by atoms with E-state index in [9.17, 15) is 13.2 Å². The SMILES string of the molecule is CC(C)(C)S(=O)(=O)Nc1cccc(C=CC(=O)O)n1. The molecule has 0 aliphatic rings. The van der Waals surface area contributed by atoms with Crippen LogP contribution in [0.4, 0.5) is 5.82 Å². The molecule has 7 heteroatoms. The molecule has 0 aliphatic heterocycles. The summed E-state index contributed by atoms with van der Waals surface area (Å²) in [5.41, 5.74) is 0.358. The topological polar surface area (TPSA) is 96.4 Å². The lowest BCUT2D eigenvalue weighted by molar-refractivity contribution is -0.131. The fourth-order valence-corrected chi connectivity index (χ4v) is 1.74. The van der Waals surface area contributed by atoms with Crippen LogP contribution in [0, 0.1) is 0 Å². The van der Waals surface area contributed by atoms with E-state index in [1.54, 1.807) is 32.9 Å². The van der Waals surface area contributed by atoms with Gasteiger partial charge in [0.1, 0.15) is 5.82 Å². The lowest BCUT2D eigenvalue weighted by atomic mass is 10.3. The third-order valence-corrected chi connectivity index (χ3v) is 4.30. The molecule has 1 rings (SSSR count). The first-order valence-electron chi connectivity index (χ1n) is 5.52. The van der Waals surface area contributed by atoms with Gasteiger partial charge in [-0.2, -0.15) is 0 Å². The smallest absolute Gasteiger partial charge is 0.328 e. The molecular formula is C12H16N2O4S. The van der Waals surface area contributed by atoms with Crippen molar-refractivity contribution in [3.8, 4) is 0 Å². The monoisotopic (exact) mass is 284 g/mol. The van der Waals surface area contributed by atoms with Crippen LogP contribution in [0.3, 0.4) is 0 Å². The Hall–Kier alpha value is -1.89. The molecule has 6 nitrogen and oxygen atoms in total. The van der Waals surface area contributed by atoms with Crippen LogP contribution in [0.15, 0.2) is 24.3 Å². The first-order chi connectivity index (χ1) is 8.62. The second-order valence-electron chi connectivity index (χ2n) is 4.84. The van der Waals surface area contributed by atoms with Gasteiger partial charge >= 0.3 is 5.97 Å². The van der Waals surface area contributed by atoms with Crippen LogP contribution in [-0.2, 0) is 14.8 Å². The Bertz CT molecular complexity index is 600. The van der Waals surface area contributed by atoms with Crippen molar-refractivity contribution in [2.24, 2.45) is 0 Å². The number of nitrogens with one attached hydrogen (secondary N) is 1. The molecular weight excluding hydrogens is 268 g/mol. The van der Waals surface area contributed by atoms with Gasteiger partial charge in [0.2, 0.25) is 10.0 Å². The minimum atomic E-state index is -3.55. The normalized spacial score (nSPS) is 12.6. The summed E-state index contributed by atoms with van der Waals surface area (Å²) in [6.07, 6.45) is 2.22. The maximum absolute atomic E-state index is 11.9. The van der Waals surface area contributed by atoms with E-state index >= 15 is 0 Å². The van der Waals surface area contributed by atoms with E-state index in [0.717, 1.165) is 6.08 Å². The Morgan fingerprint density at radius 1 is 1.37 bits per heavy atom. The summed E-state index contributed by atoms with van der Waals surface area (Å²) in [5, 5.41) is 8.51. The second-order valence-corrected chi connectivity index (χ2v) is 7.27.